The molecule has 0 bridgehead atoms. The van der Waals surface area contributed by atoms with Crippen molar-refractivity contribution in [2.24, 2.45) is 0 Å². The van der Waals surface area contributed by atoms with E-state index >= 15 is 0 Å². The molecule has 1 rings (SSSR count). The molecule has 0 aliphatic carbocycles. The van der Waals surface area contributed by atoms with Crippen LogP contribution in [-0.2, 0) is 0 Å². The maximum atomic E-state index is 13.5. The summed E-state index contributed by atoms with van der Waals surface area (Å²) >= 11 is 3.24. The number of Topliss-reactive ketones (excluding diaryl/α,β-unsaturated/α-hetero) is 1. The minimum absolute atomic E-state index is 0.143. The van der Waals surface area contributed by atoms with Crippen LogP contribution in [0.2, 0.25) is 0 Å². The second kappa shape index (κ2) is 6.87. The Labute approximate surface area is 110 Å². The topological polar surface area (TPSA) is 20.3 Å². The third-order valence-corrected chi connectivity index (χ3v) is 3.27. The lowest BCUT2D eigenvalue weighted by Crippen LogP contribution is -2.25. The van der Waals surface area contributed by atoms with Crippen molar-refractivity contribution in [3.05, 3.63) is 34.1 Å². The summed E-state index contributed by atoms with van der Waals surface area (Å²) in [7, 11) is 0. The molecule has 0 spiro atoms. The van der Waals surface area contributed by atoms with Crippen molar-refractivity contribution >= 4 is 21.7 Å². The molecule has 0 heterocycles. The van der Waals surface area contributed by atoms with Crippen LogP contribution in [0.5, 0.6) is 0 Å². The molecule has 0 saturated heterocycles. The second-order valence-corrected chi connectivity index (χ2v) is 4.74. The zero-order chi connectivity index (χ0) is 12.8. The van der Waals surface area contributed by atoms with E-state index in [9.17, 15) is 9.18 Å². The largest absolute Gasteiger partial charge is 0.303 e. The van der Waals surface area contributed by atoms with Crippen molar-refractivity contribution in [3.63, 3.8) is 0 Å². The van der Waals surface area contributed by atoms with E-state index in [1.165, 1.54) is 6.07 Å². The first kappa shape index (κ1) is 14.3. The molecule has 0 aliphatic rings. The van der Waals surface area contributed by atoms with Gasteiger partial charge in [0.05, 0.1) is 5.56 Å². The Bertz CT molecular complexity index is 391. The summed E-state index contributed by atoms with van der Waals surface area (Å²) in [5, 5.41) is 0. The molecule has 0 atom stereocenters. The Morgan fingerprint density at radius 2 is 2.00 bits per heavy atom. The maximum Gasteiger partial charge on any atom is 0.167 e. The number of hydrogen-bond donors (Lipinski definition) is 0. The predicted octanol–water partition coefficient (Wildman–Crippen LogP) is 3.50. The van der Waals surface area contributed by atoms with Crippen LogP contribution in [0.4, 0.5) is 4.39 Å². The Balaban J connectivity index is 2.66. The molecule has 2 nitrogen and oxygen atoms in total. The highest BCUT2D eigenvalue weighted by molar-refractivity contribution is 9.10. The molecule has 0 radical (unpaired) electrons. The van der Waals surface area contributed by atoms with Gasteiger partial charge in [-0.25, -0.2) is 4.39 Å². The molecule has 1 aromatic rings. The molecule has 0 aromatic heterocycles. The summed E-state index contributed by atoms with van der Waals surface area (Å²) in [5.74, 6) is -0.589. The SMILES string of the molecule is CCN(CC)CCC(=O)c1cc(Br)ccc1F. The number of rotatable bonds is 6. The van der Waals surface area contributed by atoms with Gasteiger partial charge in [-0.3, -0.25) is 4.79 Å². The van der Waals surface area contributed by atoms with E-state index in [4.69, 9.17) is 0 Å². The van der Waals surface area contributed by atoms with E-state index in [2.05, 4.69) is 20.8 Å². The third kappa shape index (κ3) is 4.21. The molecular weight excluding hydrogens is 285 g/mol. The van der Waals surface area contributed by atoms with E-state index in [-0.39, 0.29) is 11.3 Å². The van der Waals surface area contributed by atoms with Gasteiger partial charge in [0.25, 0.3) is 0 Å². The van der Waals surface area contributed by atoms with E-state index in [0.717, 1.165) is 17.6 Å². The number of carbonyl (C=O) groups is 1. The van der Waals surface area contributed by atoms with Gasteiger partial charge in [-0.1, -0.05) is 29.8 Å². The van der Waals surface area contributed by atoms with Crippen molar-refractivity contribution in [3.8, 4) is 0 Å². The van der Waals surface area contributed by atoms with Crippen molar-refractivity contribution in [2.45, 2.75) is 20.3 Å². The highest BCUT2D eigenvalue weighted by Gasteiger charge is 2.13. The summed E-state index contributed by atoms with van der Waals surface area (Å²) < 4.78 is 14.2. The fraction of sp³-hybridized carbons (Fsp3) is 0.462. The highest BCUT2D eigenvalue weighted by Crippen LogP contribution is 2.17. The Hall–Kier alpha value is -0.740. The van der Waals surface area contributed by atoms with Gasteiger partial charge in [-0.2, -0.15) is 0 Å². The number of halogens is 2. The van der Waals surface area contributed by atoms with Crippen molar-refractivity contribution < 1.29 is 9.18 Å². The van der Waals surface area contributed by atoms with Crippen LogP contribution >= 0.6 is 15.9 Å². The quantitative estimate of drug-likeness (QED) is 0.750. The van der Waals surface area contributed by atoms with Crippen molar-refractivity contribution in [1.29, 1.82) is 0 Å². The smallest absolute Gasteiger partial charge is 0.167 e. The summed E-state index contributed by atoms with van der Waals surface area (Å²) in [6, 6.07) is 4.45. The molecule has 0 N–H and O–H groups in total. The van der Waals surface area contributed by atoms with Crippen molar-refractivity contribution in [1.82, 2.24) is 4.90 Å². The van der Waals surface area contributed by atoms with Crippen LogP contribution in [0.15, 0.2) is 22.7 Å². The van der Waals surface area contributed by atoms with E-state index in [0.29, 0.717) is 13.0 Å². The second-order valence-electron chi connectivity index (χ2n) is 3.82. The molecule has 0 fully saturated rings. The van der Waals surface area contributed by atoms with Gasteiger partial charge >= 0.3 is 0 Å². The standard InChI is InChI=1S/C13H17BrFNO/c1-3-16(4-2)8-7-13(17)11-9-10(14)5-6-12(11)15/h5-6,9H,3-4,7-8H2,1-2H3. The Morgan fingerprint density at radius 3 is 2.59 bits per heavy atom. The first-order chi connectivity index (χ1) is 8.08. The summed E-state index contributed by atoms with van der Waals surface area (Å²) in [6.45, 7) is 6.59. The molecule has 17 heavy (non-hydrogen) atoms. The Morgan fingerprint density at radius 1 is 1.35 bits per heavy atom. The molecule has 1 aromatic carbocycles. The van der Waals surface area contributed by atoms with E-state index in [1.807, 2.05) is 13.8 Å². The van der Waals surface area contributed by atoms with Gasteiger partial charge in [0.2, 0.25) is 0 Å². The van der Waals surface area contributed by atoms with Crippen LogP contribution in [0.25, 0.3) is 0 Å². The molecular formula is C13H17BrFNO. The minimum atomic E-state index is -0.447. The van der Waals surface area contributed by atoms with Crippen LogP contribution in [0.3, 0.4) is 0 Å². The lowest BCUT2D eigenvalue weighted by atomic mass is 10.1. The Kier molecular flexibility index (Phi) is 5.78. The lowest BCUT2D eigenvalue weighted by molar-refractivity contribution is 0.0962. The van der Waals surface area contributed by atoms with Crippen LogP contribution in [-0.4, -0.2) is 30.3 Å². The zero-order valence-electron chi connectivity index (χ0n) is 10.2. The van der Waals surface area contributed by atoms with E-state index in [1.54, 1.807) is 12.1 Å². The number of nitrogens with zero attached hydrogens (tertiary/aromatic N) is 1. The monoisotopic (exact) mass is 301 g/mol. The average Bonchev–Trinajstić information content (AvgIpc) is 2.33. The van der Waals surface area contributed by atoms with Gasteiger partial charge in [0.15, 0.2) is 5.78 Å². The predicted molar refractivity (Wildman–Crippen MR) is 70.8 cm³/mol. The average molecular weight is 302 g/mol. The first-order valence-corrected chi connectivity index (χ1v) is 6.58. The minimum Gasteiger partial charge on any atom is -0.303 e. The summed E-state index contributed by atoms with van der Waals surface area (Å²) in [5.41, 5.74) is 0.173. The normalized spacial score (nSPS) is 10.9. The molecule has 94 valence electrons. The number of ketones is 1. The lowest BCUT2D eigenvalue weighted by Gasteiger charge is -2.17. The molecule has 0 saturated carbocycles. The van der Waals surface area contributed by atoms with Gasteiger partial charge in [-0.05, 0) is 31.3 Å². The van der Waals surface area contributed by atoms with Crippen LogP contribution in [0, 0.1) is 5.82 Å². The van der Waals surface area contributed by atoms with Crippen molar-refractivity contribution in [2.75, 3.05) is 19.6 Å². The number of carbonyl (C=O) groups excluding carboxylic acids is 1. The van der Waals surface area contributed by atoms with Gasteiger partial charge in [0.1, 0.15) is 5.82 Å². The molecule has 0 aliphatic heterocycles. The molecule has 4 heteroatoms. The van der Waals surface area contributed by atoms with Gasteiger partial charge < -0.3 is 4.90 Å². The van der Waals surface area contributed by atoms with Gasteiger partial charge in [-0.15, -0.1) is 0 Å². The first-order valence-electron chi connectivity index (χ1n) is 5.79. The maximum absolute atomic E-state index is 13.5. The summed E-state index contributed by atoms with van der Waals surface area (Å²) in [6.07, 6.45) is 0.356. The number of hydrogen-bond acceptors (Lipinski definition) is 2. The van der Waals surface area contributed by atoms with Crippen LogP contribution in [0.1, 0.15) is 30.6 Å². The zero-order valence-corrected chi connectivity index (χ0v) is 11.8. The fourth-order valence-electron chi connectivity index (χ4n) is 1.65. The molecule has 0 unspecified atom stereocenters. The number of benzene rings is 1. The highest BCUT2D eigenvalue weighted by atomic mass is 79.9. The van der Waals surface area contributed by atoms with E-state index < -0.39 is 5.82 Å². The van der Waals surface area contributed by atoms with Gasteiger partial charge in [0, 0.05) is 17.4 Å². The molecule has 0 amide bonds. The third-order valence-electron chi connectivity index (χ3n) is 2.78. The fourth-order valence-corrected chi connectivity index (χ4v) is 2.01. The van der Waals surface area contributed by atoms with Crippen LogP contribution < -0.4 is 0 Å². The summed E-state index contributed by atoms with van der Waals surface area (Å²) in [4.78, 5) is 14.0.